The summed E-state index contributed by atoms with van der Waals surface area (Å²) in [5.74, 6) is -0.358. The van der Waals surface area contributed by atoms with Crippen LogP contribution in [0, 0.1) is 25.7 Å². The Kier molecular flexibility index (Phi) is 9.81. The molecule has 4 aromatic rings. The smallest absolute Gasteiger partial charge is 0.0405 e. The van der Waals surface area contributed by atoms with E-state index in [1.165, 1.54) is 17.2 Å². The van der Waals surface area contributed by atoms with Gasteiger partial charge in [0.05, 0.1) is 11.4 Å². The van der Waals surface area contributed by atoms with Crippen LogP contribution in [-0.4, -0.2) is 15.0 Å². The molecule has 0 aliphatic heterocycles. The molecule has 191 valence electrons. The second-order valence-corrected chi connectivity index (χ2v) is 8.94. The van der Waals surface area contributed by atoms with Crippen molar-refractivity contribution < 1.29 is 49.7 Å². The molecule has 0 saturated heterocycles. The fourth-order valence-corrected chi connectivity index (χ4v) is 2.35. The molecule has 3 heterocycles. The van der Waals surface area contributed by atoms with Crippen molar-refractivity contribution >= 4 is 7.81 Å². The molecule has 0 unspecified atom stereocenters. The molecule has 3 aromatic heterocycles. The van der Waals surface area contributed by atoms with E-state index in [2.05, 4.69) is 21.0 Å². The van der Waals surface area contributed by atoms with E-state index in [0.717, 1.165) is 17.1 Å². The van der Waals surface area contributed by atoms with Crippen molar-refractivity contribution in [2.75, 3.05) is 0 Å². The van der Waals surface area contributed by atoms with Gasteiger partial charge in [-0.15, -0.1) is 29.8 Å². The molecule has 3 nitrogen and oxygen atoms in total. The molecule has 0 aliphatic carbocycles. The number of pyridine rings is 3. The fourth-order valence-electron chi connectivity index (χ4n) is 2.35. The molecule has 0 saturated carbocycles. The monoisotopic (exact) mass is 694 g/mol. The van der Waals surface area contributed by atoms with E-state index in [0.29, 0.717) is 5.56 Å². The van der Waals surface area contributed by atoms with Crippen molar-refractivity contribution in [1.82, 2.24) is 15.0 Å². The molecule has 0 aliphatic rings. The third-order valence-corrected chi connectivity index (χ3v) is 3.79. The van der Waals surface area contributed by atoms with Crippen LogP contribution in [0.5, 0.6) is 0 Å². The molecule has 1 aromatic carbocycles. The van der Waals surface area contributed by atoms with Gasteiger partial charge in [-0.1, -0.05) is 24.3 Å². The molecular formula is C23H19F7IrN3P-2. The maximum absolute atomic E-state index is 12.8. The van der Waals surface area contributed by atoms with Gasteiger partial charge >= 0.3 is 33.0 Å². The van der Waals surface area contributed by atoms with Crippen molar-refractivity contribution in [2.24, 2.45) is 0 Å². The summed E-state index contributed by atoms with van der Waals surface area (Å²) in [7, 11) is -10.7. The van der Waals surface area contributed by atoms with Gasteiger partial charge in [0.25, 0.3) is 0 Å². The minimum absolute atomic E-state index is 0. The van der Waals surface area contributed by atoms with E-state index >= 15 is 0 Å². The van der Waals surface area contributed by atoms with Gasteiger partial charge in [-0.25, -0.2) is 4.39 Å². The Labute approximate surface area is 211 Å². The number of benzene rings is 1. The van der Waals surface area contributed by atoms with Crippen molar-refractivity contribution in [1.29, 1.82) is 0 Å². The Bertz CT molecular complexity index is 1150. The van der Waals surface area contributed by atoms with Crippen LogP contribution in [0.4, 0.5) is 29.6 Å². The molecule has 1 radical (unpaired) electrons. The Balaban J connectivity index is 0.000000274. The summed E-state index contributed by atoms with van der Waals surface area (Å²) in [6, 6.07) is 21.0. The minimum Gasteiger partial charge on any atom is -0.305 e. The number of rotatable bonds is 2. The molecule has 0 amide bonds. The number of aromatic nitrogens is 3. The van der Waals surface area contributed by atoms with Crippen molar-refractivity contribution in [3.05, 3.63) is 102 Å². The predicted molar refractivity (Wildman–Crippen MR) is 119 cm³/mol. The molecule has 12 heteroatoms. The second kappa shape index (κ2) is 11.3. The summed E-state index contributed by atoms with van der Waals surface area (Å²) in [6.07, 6.45) is 5.39. The van der Waals surface area contributed by atoms with Gasteiger partial charge in [-0.3, -0.25) is 9.97 Å². The molecule has 0 spiro atoms. The molecule has 0 atom stereocenters. The first-order valence-electron chi connectivity index (χ1n) is 9.58. The topological polar surface area (TPSA) is 38.7 Å². The summed E-state index contributed by atoms with van der Waals surface area (Å²) in [4.78, 5) is 12.7. The standard InChI is InChI=1S/C12H12N2.C11H7FN.F6P.Ir/c1-9-3-5-11(13-7-9)12-6-4-10(2)8-14-12;12-10-5-3-4-9(8-10)11-6-1-2-7-13-11;1-7(2,3,4,5)6;/h3-8H,1-2H3;1-7H;;/q;2*-1;. The van der Waals surface area contributed by atoms with Crippen LogP contribution in [0.15, 0.2) is 79.3 Å². The summed E-state index contributed by atoms with van der Waals surface area (Å²) >= 11 is 0. The summed E-state index contributed by atoms with van der Waals surface area (Å²) in [5, 5.41) is 0. The first kappa shape index (κ1) is 30.3. The molecular weight excluding hydrogens is 674 g/mol. The maximum Gasteiger partial charge on any atom is 0.0405 e. The summed E-state index contributed by atoms with van der Waals surface area (Å²) in [5.41, 5.74) is 5.61. The van der Waals surface area contributed by atoms with Gasteiger partial charge < -0.3 is 4.98 Å². The predicted octanol–water partition coefficient (Wildman–Crippen LogP) is 8.83. The summed E-state index contributed by atoms with van der Waals surface area (Å²) in [6.45, 7) is 4.05. The largest absolute Gasteiger partial charge is 0.305 e. The van der Waals surface area contributed by atoms with Crippen LogP contribution in [0.2, 0.25) is 0 Å². The quantitative estimate of drug-likeness (QED) is 0.120. The number of hydrogen-bond acceptors (Lipinski definition) is 3. The van der Waals surface area contributed by atoms with Crippen molar-refractivity contribution in [3.8, 4) is 22.6 Å². The second-order valence-electron chi connectivity index (χ2n) is 7.03. The molecule has 0 bridgehead atoms. The van der Waals surface area contributed by atoms with E-state index in [4.69, 9.17) is 0 Å². The molecule has 0 fully saturated rings. The Morgan fingerprint density at radius 2 is 1.14 bits per heavy atom. The third kappa shape index (κ3) is 14.3. The van der Waals surface area contributed by atoms with Crippen LogP contribution in [-0.2, 0) is 20.1 Å². The normalized spacial score (nSPS) is 12.4. The van der Waals surface area contributed by atoms with Crippen LogP contribution in [0.25, 0.3) is 22.6 Å². The number of aryl methyl sites for hydroxylation is 2. The maximum atomic E-state index is 12.8. The van der Waals surface area contributed by atoms with Crippen LogP contribution in [0.1, 0.15) is 11.1 Å². The van der Waals surface area contributed by atoms with Crippen LogP contribution >= 0.6 is 7.81 Å². The van der Waals surface area contributed by atoms with Crippen LogP contribution in [0.3, 0.4) is 0 Å². The van der Waals surface area contributed by atoms with Gasteiger partial charge in [-0.05, 0) is 48.9 Å². The van der Waals surface area contributed by atoms with Gasteiger partial charge in [0.2, 0.25) is 0 Å². The summed E-state index contributed by atoms with van der Waals surface area (Å²) < 4.78 is 72.0. The Morgan fingerprint density at radius 3 is 1.51 bits per heavy atom. The van der Waals surface area contributed by atoms with E-state index in [1.54, 1.807) is 18.3 Å². The van der Waals surface area contributed by atoms with Crippen molar-refractivity contribution in [2.45, 2.75) is 13.8 Å². The van der Waals surface area contributed by atoms with Gasteiger partial charge in [-0.2, -0.15) is 0 Å². The van der Waals surface area contributed by atoms with Crippen LogP contribution < -0.4 is 0 Å². The average molecular weight is 694 g/mol. The number of halogens is 7. The average Bonchev–Trinajstić information content (AvgIpc) is 2.74. The van der Waals surface area contributed by atoms with E-state index in [-0.39, 0.29) is 25.9 Å². The first-order chi connectivity index (χ1) is 15.6. The fraction of sp³-hybridized carbons (Fsp3) is 0.0870. The van der Waals surface area contributed by atoms with Gasteiger partial charge in [0, 0.05) is 44.5 Å². The molecule has 0 N–H and O–H groups in total. The van der Waals surface area contributed by atoms with Gasteiger partial charge in [0.15, 0.2) is 0 Å². The zero-order valence-corrected chi connectivity index (χ0v) is 21.6. The molecule has 35 heavy (non-hydrogen) atoms. The zero-order chi connectivity index (χ0) is 25.5. The molecule has 4 rings (SSSR count). The SMILES string of the molecule is Cc1ccc(-c2ccc(C)cn2)nc1.F[P-](F)(F)(F)(F)F.Fc1[c-]c(-c2ccccn2)ccc1.[Ir]. The third-order valence-electron chi connectivity index (χ3n) is 3.79. The van der Waals surface area contributed by atoms with Gasteiger partial charge in [0.1, 0.15) is 0 Å². The Hall–Kier alpha value is -2.74. The van der Waals surface area contributed by atoms with E-state index in [1.807, 2.05) is 68.7 Å². The number of nitrogens with zero attached hydrogens (tertiary/aromatic N) is 3. The minimum atomic E-state index is -10.7. The van der Waals surface area contributed by atoms with E-state index < -0.39 is 7.81 Å². The van der Waals surface area contributed by atoms with Crippen molar-refractivity contribution in [3.63, 3.8) is 0 Å². The Morgan fingerprint density at radius 1 is 0.629 bits per heavy atom. The van der Waals surface area contributed by atoms with E-state index in [9.17, 15) is 29.6 Å². The zero-order valence-electron chi connectivity index (χ0n) is 18.3. The number of hydrogen-bond donors (Lipinski definition) is 0. The first-order valence-corrected chi connectivity index (χ1v) is 11.6.